The van der Waals surface area contributed by atoms with Crippen LogP contribution in [0.25, 0.3) is 11.4 Å². The normalized spacial score (nSPS) is 11.4. The van der Waals surface area contributed by atoms with Gasteiger partial charge in [0.15, 0.2) is 11.4 Å². The number of H-pyrrole nitrogens is 2. The number of phenolic OH excluding ortho intramolecular Hbond substituents is 1. The van der Waals surface area contributed by atoms with Gasteiger partial charge in [0.05, 0.1) is 43.2 Å². The molecule has 0 saturated heterocycles. The summed E-state index contributed by atoms with van der Waals surface area (Å²) in [6.07, 6.45) is 0. The zero-order valence-corrected chi connectivity index (χ0v) is 36.0. The molecule has 8 N–H and O–H groups in total. The molecule has 2 aromatic heterocycles. The molecule has 0 atom stereocenters. The van der Waals surface area contributed by atoms with Gasteiger partial charge in [-0.3, -0.25) is 40.0 Å². The van der Waals surface area contributed by atoms with E-state index < -0.39 is 46.8 Å². The molecule has 60 heavy (non-hydrogen) atoms. The Bertz CT molecular complexity index is 2800. The summed E-state index contributed by atoms with van der Waals surface area (Å²) in [5, 5.41) is 71.9. The summed E-state index contributed by atoms with van der Waals surface area (Å²) in [5.41, 5.74) is -0.794. The zero-order valence-electron chi connectivity index (χ0n) is 31.1. The van der Waals surface area contributed by atoms with Crippen LogP contribution < -0.4 is 56.1 Å². The quantitative estimate of drug-likeness (QED) is 0.0523. The second kappa shape index (κ2) is 19.3. The number of non-ortho nitro benzene ring substituents is 2. The van der Waals surface area contributed by atoms with Crippen LogP contribution in [0.3, 0.4) is 0 Å². The number of phenols is 1. The van der Waals surface area contributed by atoms with Gasteiger partial charge in [-0.05, 0) is 68.4 Å². The number of nitrogens with two attached hydrogens (primary N) is 1. The van der Waals surface area contributed by atoms with Crippen LogP contribution in [0, 0.1) is 34.1 Å². The van der Waals surface area contributed by atoms with Gasteiger partial charge in [-0.2, -0.15) is 13.5 Å². The summed E-state index contributed by atoms with van der Waals surface area (Å²) in [4.78, 5) is 45.1. The number of sulfonamides is 2. The summed E-state index contributed by atoms with van der Waals surface area (Å²) in [7, 11) is -7.81. The van der Waals surface area contributed by atoms with Gasteiger partial charge in [-0.25, -0.2) is 28.1 Å². The molecule has 0 aliphatic rings. The first-order chi connectivity index (χ1) is 27.1. The number of aromatic hydroxyl groups is 1. The molecule has 306 valence electrons. The molecule has 28 heteroatoms. The molecule has 2 heterocycles. The van der Waals surface area contributed by atoms with E-state index in [0.717, 1.165) is 39.7 Å². The monoisotopic (exact) mass is 911 g/mol. The molecule has 0 spiro atoms. The molecule has 0 unspecified atom stereocenters. The zero-order chi connectivity index (χ0) is 42.7. The van der Waals surface area contributed by atoms with E-state index in [9.17, 15) is 56.9 Å². The number of quaternary nitrogens is 1. The minimum Gasteiger partial charge on any atom is -0.871 e. The Hall–Kier alpha value is -6.15. The molecule has 4 aromatic carbocycles. The number of hydrogen-bond donors (Lipinski definition) is 5. The molecule has 0 saturated carbocycles. The van der Waals surface area contributed by atoms with Crippen molar-refractivity contribution < 1.29 is 89.0 Å². The Balaban J connectivity index is 0.000000310. The molecule has 0 bridgehead atoms. The number of nitrogens with one attached hydrogen (secondary N) is 2. The fourth-order valence-corrected chi connectivity index (χ4v) is 5.96. The number of aromatic amines is 2. The van der Waals surface area contributed by atoms with Gasteiger partial charge in [-0.15, -0.1) is 15.3 Å². The van der Waals surface area contributed by atoms with Crippen LogP contribution in [-0.2, 0) is 37.4 Å². The third kappa shape index (κ3) is 11.1. The van der Waals surface area contributed by atoms with Crippen molar-refractivity contribution in [1.82, 2.24) is 19.6 Å². The molecular formula is C32H28CrN12NaO12S2+. The molecule has 0 radical (unpaired) electrons. The van der Waals surface area contributed by atoms with E-state index in [4.69, 9.17) is 5.14 Å². The molecule has 0 aliphatic carbocycles. The maximum atomic E-state index is 12.6. The van der Waals surface area contributed by atoms with Gasteiger partial charge in [0.2, 0.25) is 10.0 Å². The third-order valence-corrected chi connectivity index (χ3v) is 9.68. The first-order valence-electron chi connectivity index (χ1n) is 15.9. The van der Waals surface area contributed by atoms with Crippen LogP contribution in [0.15, 0.2) is 125 Å². The Morgan fingerprint density at radius 2 is 1.08 bits per heavy atom. The fourth-order valence-electron chi connectivity index (χ4n) is 4.86. The van der Waals surface area contributed by atoms with E-state index in [-0.39, 0.29) is 96.6 Å². The first-order valence-corrected chi connectivity index (χ1v) is 19.1. The number of primary sulfonamides is 1. The second-order valence-corrected chi connectivity index (χ2v) is 15.1. The smallest absolute Gasteiger partial charge is 0.871 e. The molecular weight excluding hydrogens is 884 g/mol. The number of aryl methyl sites for hydroxylation is 2. The summed E-state index contributed by atoms with van der Waals surface area (Å²) in [6.45, 7) is 3.10. The van der Waals surface area contributed by atoms with Crippen molar-refractivity contribution in [1.29, 1.82) is 0 Å². The Morgan fingerprint density at radius 3 is 1.48 bits per heavy atom. The predicted molar refractivity (Wildman–Crippen MR) is 199 cm³/mol. The van der Waals surface area contributed by atoms with Crippen LogP contribution in [0.1, 0.15) is 11.4 Å². The largest absolute Gasteiger partial charge is 1.00 e. The average Bonchev–Trinajstić information content (AvgIpc) is 3.61. The number of hydrogen-bond acceptors (Lipinski definition) is 16. The van der Waals surface area contributed by atoms with Crippen LogP contribution in [0.5, 0.6) is 11.5 Å². The molecule has 0 amide bonds. The number of aromatic nitrogens is 4. The van der Waals surface area contributed by atoms with E-state index in [2.05, 4.69) is 35.8 Å². The van der Waals surface area contributed by atoms with Gasteiger partial charge >= 0.3 is 39.6 Å². The van der Waals surface area contributed by atoms with E-state index in [1.807, 2.05) is 0 Å². The Labute approximate surface area is 369 Å². The molecule has 0 fully saturated rings. The van der Waals surface area contributed by atoms with E-state index in [1.54, 1.807) is 6.92 Å². The first kappa shape index (κ1) is 48.2. The number of rotatable bonds is 10. The average molecular weight is 912 g/mol. The topological polar surface area (TPSA) is 377 Å². The number of nitro benzene ring substituents is 2. The van der Waals surface area contributed by atoms with Crippen molar-refractivity contribution in [2.24, 2.45) is 25.6 Å². The van der Waals surface area contributed by atoms with Crippen molar-refractivity contribution in [3.05, 3.63) is 137 Å². The third-order valence-electron chi connectivity index (χ3n) is 7.80. The molecule has 0 aliphatic heterocycles. The molecule has 24 nitrogen and oxygen atoms in total. The van der Waals surface area contributed by atoms with Gasteiger partial charge in [-0.1, -0.05) is 11.8 Å². The standard InChI is InChI=1S/2C16H14N6O6S.Cr.Na/c2*1-9-15(19-18-13-8-12(29(17,27)28)6-7-14(13)23)16(24)21(20-9)10-2-4-11(5-3-10)22(25)26;;/h2*2-8,20,23H,1H3,(H2,17,27,28);;/q;;;+1. The molecule has 6 rings (SSSR count). The summed E-state index contributed by atoms with van der Waals surface area (Å²) >= 11 is 0. The number of azo groups is 2. The maximum Gasteiger partial charge on any atom is 1.00 e. The van der Waals surface area contributed by atoms with Gasteiger partial charge < -0.3 is 10.2 Å². The van der Waals surface area contributed by atoms with Crippen LogP contribution in [0.4, 0.5) is 34.1 Å². The van der Waals surface area contributed by atoms with E-state index >= 15 is 0 Å². The second-order valence-electron chi connectivity index (χ2n) is 11.8. The van der Waals surface area contributed by atoms with Crippen LogP contribution >= 0.6 is 0 Å². The number of nitrogens with zero attached hydrogens (tertiary/aromatic N) is 8. The maximum absolute atomic E-state index is 12.6. The summed E-state index contributed by atoms with van der Waals surface area (Å²) in [5.74, 6) is -0.935. The van der Waals surface area contributed by atoms with E-state index in [0.29, 0.717) is 22.8 Å². The van der Waals surface area contributed by atoms with Crippen LogP contribution in [-0.4, -0.2) is 51.3 Å². The van der Waals surface area contributed by atoms with Crippen molar-refractivity contribution in [2.75, 3.05) is 0 Å². The minimum atomic E-state index is -4.04. The van der Waals surface area contributed by atoms with Gasteiger partial charge in [0.1, 0.15) is 16.3 Å². The summed E-state index contributed by atoms with van der Waals surface area (Å²) < 4.78 is 48.1. The SMILES string of the molecule is Cc1[nH]n(-c2ccc([N+](=O)[O-])cc2)c(=O)c1N=Nc1cc(S(N)(=O)=O)ccc1[O-].Cc1[nH]n(-c2ccc([N+](=O)[O-])cc2)c(=O)c1N=Nc1cc(S([NH3+])(=O)=O)ccc1O.[Cr].[Na+]. The number of nitro groups is 2. The van der Waals surface area contributed by atoms with Gasteiger partial charge in [0.25, 0.3) is 22.5 Å². The molecule has 6 aromatic rings. The summed E-state index contributed by atoms with van der Waals surface area (Å²) in [6, 6.07) is 16.9. The van der Waals surface area contributed by atoms with Gasteiger partial charge in [0, 0.05) is 41.6 Å². The van der Waals surface area contributed by atoms with E-state index in [1.165, 1.54) is 61.5 Å². The Morgan fingerprint density at radius 1 is 0.683 bits per heavy atom. The van der Waals surface area contributed by atoms with Crippen molar-refractivity contribution in [3.63, 3.8) is 0 Å². The van der Waals surface area contributed by atoms with Crippen molar-refractivity contribution in [2.45, 2.75) is 23.6 Å². The predicted octanol–water partition coefficient (Wildman–Crippen LogP) is -0.0461. The van der Waals surface area contributed by atoms with Crippen LogP contribution in [0.2, 0.25) is 0 Å². The fraction of sp³-hybridized carbons (Fsp3) is 0.0625. The van der Waals surface area contributed by atoms with Crippen molar-refractivity contribution >= 4 is 54.2 Å². The van der Waals surface area contributed by atoms with Crippen molar-refractivity contribution in [3.8, 4) is 22.9 Å². The Kier molecular flexibility index (Phi) is 15.5. The minimum absolute atomic E-state index is 0. The number of benzene rings is 4.